The average molecular weight is 442 g/mol. The molecule has 1 saturated heterocycles. The number of imide groups is 1. The first kappa shape index (κ1) is 20.6. The minimum absolute atomic E-state index is 0.229. The summed E-state index contributed by atoms with van der Waals surface area (Å²) in [4.78, 5) is 27.3. The molecule has 1 fully saturated rings. The van der Waals surface area contributed by atoms with Crippen LogP contribution < -0.4 is 0 Å². The van der Waals surface area contributed by atoms with Crippen LogP contribution in [-0.4, -0.2) is 38.7 Å². The predicted molar refractivity (Wildman–Crippen MR) is 115 cm³/mol. The maximum atomic E-state index is 13.1. The Labute approximate surface area is 183 Å². The molecule has 8 heteroatoms. The summed E-state index contributed by atoms with van der Waals surface area (Å²) in [5.41, 5.74) is 2.37. The Morgan fingerprint density at radius 1 is 1.17 bits per heavy atom. The van der Waals surface area contributed by atoms with Gasteiger partial charge in [0.15, 0.2) is 0 Å². The topological polar surface area (TPSA) is 76.3 Å². The lowest BCUT2D eigenvalue weighted by Gasteiger charge is -2.21. The molecular formula is C22H20ClN3O3S. The maximum Gasteiger partial charge on any atom is 0.277 e. The fourth-order valence-corrected chi connectivity index (χ4v) is 4.44. The monoisotopic (exact) mass is 441 g/mol. The van der Waals surface area contributed by atoms with Gasteiger partial charge < -0.3 is 4.42 Å². The first-order chi connectivity index (χ1) is 14.5. The summed E-state index contributed by atoms with van der Waals surface area (Å²) in [6, 6.07) is 14.4. The van der Waals surface area contributed by atoms with Crippen molar-refractivity contribution in [3.63, 3.8) is 0 Å². The lowest BCUT2D eigenvalue weighted by molar-refractivity contribution is -0.127. The highest BCUT2D eigenvalue weighted by molar-refractivity contribution is 8.00. The van der Waals surface area contributed by atoms with Crippen molar-refractivity contribution in [1.29, 1.82) is 0 Å². The van der Waals surface area contributed by atoms with E-state index in [0.717, 1.165) is 24.0 Å². The van der Waals surface area contributed by atoms with Crippen molar-refractivity contribution in [2.75, 3.05) is 6.54 Å². The molecule has 0 bridgehead atoms. The molecule has 2 amide bonds. The molecule has 2 heterocycles. The molecule has 154 valence electrons. The van der Waals surface area contributed by atoms with Crippen molar-refractivity contribution in [2.45, 2.75) is 36.7 Å². The fourth-order valence-electron chi connectivity index (χ4n) is 3.34. The number of carbonyl (C=O) groups excluding carboxylic acids is 2. The summed E-state index contributed by atoms with van der Waals surface area (Å²) in [5, 5.41) is 8.62. The lowest BCUT2D eigenvalue weighted by Crippen LogP contribution is -2.41. The van der Waals surface area contributed by atoms with Crippen molar-refractivity contribution < 1.29 is 14.0 Å². The van der Waals surface area contributed by atoms with Gasteiger partial charge in [-0.3, -0.25) is 14.5 Å². The van der Waals surface area contributed by atoms with Crippen LogP contribution in [0.25, 0.3) is 11.5 Å². The molecule has 2 aromatic carbocycles. The van der Waals surface area contributed by atoms with Crippen LogP contribution in [0.5, 0.6) is 0 Å². The predicted octanol–water partition coefficient (Wildman–Crippen LogP) is 5.01. The van der Waals surface area contributed by atoms with Crippen LogP contribution >= 0.6 is 23.4 Å². The molecule has 30 heavy (non-hydrogen) atoms. The SMILES string of the molecule is Cc1cccc(-c2nnc(S[C@H]3CCCCN(C(=O)c4ccc(Cl)cc4)C3=O)o2)c1. The van der Waals surface area contributed by atoms with Crippen LogP contribution in [0.4, 0.5) is 0 Å². The Morgan fingerprint density at radius 3 is 2.73 bits per heavy atom. The zero-order chi connectivity index (χ0) is 21.1. The molecule has 1 aromatic heterocycles. The van der Waals surface area contributed by atoms with Crippen LogP contribution in [0, 0.1) is 6.92 Å². The van der Waals surface area contributed by atoms with E-state index in [1.807, 2.05) is 31.2 Å². The summed E-state index contributed by atoms with van der Waals surface area (Å²) in [6.45, 7) is 2.39. The number of halogens is 1. The number of aryl methyl sites for hydroxylation is 1. The molecule has 1 aliphatic rings. The number of carbonyl (C=O) groups is 2. The summed E-state index contributed by atoms with van der Waals surface area (Å²) >= 11 is 7.13. The van der Waals surface area contributed by atoms with E-state index >= 15 is 0 Å². The van der Waals surface area contributed by atoms with Gasteiger partial charge in [-0.05, 0) is 56.2 Å². The Balaban J connectivity index is 1.50. The Bertz CT molecular complexity index is 1070. The van der Waals surface area contributed by atoms with Gasteiger partial charge in [-0.15, -0.1) is 10.2 Å². The standard InChI is InChI=1S/C22H20ClN3O3S/c1-14-5-4-6-16(13-14)19-24-25-22(29-19)30-18-7-2-3-12-26(21(18)28)20(27)15-8-10-17(23)11-9-15/h4-6,8-11,13,18H,2-3,7,12H2,1H3/t18-/m0/s1. The number of thioether (sulfide) groups is 1. The van der Waals surface area contributed by atoms with Crippen molar-refractivity contribution in [1.82, 2.24) is 15.1 Å². The summed E-state index contributed by atoms with van der Waals surface area (Å²) in [6.07, 6.45) is 2.25. The maximum absolute atomic E-state index is 13.1. The van der Waals surface area contributed by atoms with Gasteiger partial charge in [0.25, 0.3) is 11.1 Å². The molecule has 0 spiro atoms. The highest BCUT2D eigenvalue weighted by Gasteiger charge is 2.33. The number of hydrogen-bond donors (Lipinski definition) is 0. The van der Waals surface area contributed by atoms with E-state index in [4.69, 9.17) is 16.0 Å². The van der Waals surface area contributed by atoms with E-state index in [-0.39, 0.29) is 11.8 Å². The quantitative estimate of drug-likeness (QED) is 0.529. The fraction of sp³-hybridized carbons (Fsp3) is 0.273. The van der Waals surface area contributed by atoms with E-state index in [2.05, 4.69) is 10.2 Å². The van der Waals surface area contributed by atoms with Crippen LogP contribution in [-0.2, 0) is 4.79 Å². The van der Waals surface area contributed by atoms with Crippen LogP contribution in [0.1, 0.15) is 35.2 Å². The lowest BCUT2D eigenvalue weighted by atomic mass is 10.1. The van der Waals surface area contributed by atoms with Gasteiger partial charge in [-0.1, -0.05) is 47.5 Å². The zero-order valence-electron chi connectivity index (χ0n) is 16.4. The molecule has 0 N–H and O–H groups in total. The van der Waals surface area contributed by atoms with Crippen LogP contribution in [0.2, 0.25) is 5.02 Å². The first-order valence-corrected chi connectivity index (χ1v) is 11.0. The largest absolute Gasteiger partial charge is 0.411 e. The first-order valence-electron chi connectivity index (χ1n) is 9.70. The summed E-state index contributed by atoms with van der Waals surface area (Å²) in [5.74, 6) is -0.126. The van der Waals surface area contributed by atoms with E-state index < -0.39 is 5.25 Å². The van der Waals surface area contributed by atoms with Gasteiger partial charge in [-0.2, -0.15) is 0 Å². The van der Waals surface area contributed by atoms with Crippen molar-refractivity contribution in [3.8, 4) is 11.5 Å². The third kappa shape index (κ3) is 4.57. The van der Waals surface area contributed by atoms with Gasteiger partial charge >= 0.3 is 0 Å². The summed E-state index contributed by atoms with van der Waals surface area (Å²) < 4.78 is 5.78. The van der Waals surface area contributed by atoms with Crippen LogP contribution in [0.3, 0.4) is 0 Å². The van der Waals surface area contributed by atoms with Gasteiger partial charge in [0, 0.05) is 22.7 Å². The van der Waals surface area contributed by atoms with Crippen LogP contribution in [0.15, 0.2) is 58.2 Å². The van der Waals surface area contributed by atoms with E-state index in [1.165, 1.54) is 16.7 Å². The molecule has 0 unspecified atom stereocenters. The highest BCUT2D eigenvalue weighted by atomic mass is 35.5. The van der Waals surface area contributed by atoms with E-state index in [1.54, 1.807) is 24.3 Å². The molecule has 4 rings (SSSR count). The van der Waals surface area contributed by atoms with Gasteiger partial charge in [0.1, 0.15) is 0 Å². The van der Waals surface area contributed by atoms with Crippen molar-refractivity contribution >= 4 is 35.2 Å². The molecule has 1 atom stereocenters. The molecule has 3 aromatic rings. The second kappa shape index (κ2) is 9.02. The zero-order valence-corrected chi connectivity index (χ0v) is 17.9. The average Bonchev–Trinajstić information content (AvgIpc) is 3.13. The van der Waals surface area contributed by atoms with Gasteiger partial charge in [0.05, 0.1) is 5.25 Å². The molecule has 6 nitrogen and oxygen atoms in total. The van der Waals surface area contributed by atoms with Gasteiger partial charge in [0.2, 0.25) is 11.8 Å². The molecule has 0 saturated carbocycles. The van der Waals surface area contributed by atoms with E-state index in [0.29, 0.717) is 34.7 Å². The van der Waals surface area contributed by atoms with E-state index in [9.17, 15) is 9.59 Å². The Kier molecular flexibility index (Phi) is 6.20. The molecule has 1 aliphatic heterocycles. The van der Waals surface area contributed by atoms with Gasteiger partial charge in [-0.25, -0.2) is 0 Å². The number of amides is 2. The highest BCUT2D eigenvalue weighted by Crippen LogP contribution is 2.32. The third-order valence-electron chi connectivity index (χ3n) is 4.89. The molecular weight excluding hydrogens is 422 g/mol. The number of nitrogens with zero attached hydrogens (tertiary/aromatic N) is 3. The molecule has 0 radical (unpaired) electrons. The number of aromatic nitrogens is 2. The number of likely N-dealkylation sites (tertiary alicyclic amines) is 1. The Morgan fingerprint density at radius 2 is 1.97 bits per heavy atom. The number of hydrogen-bond acceptors (Lipinski definition) is 6. The second-order valence-corrected chi connectivity index (χ2v) is 8.74. The number of rotatable bonds is 4. The second-order valence-electron chi connectivity index (χ2n) is 7.15. The molecule has 0 aliphatic carbocycles. The smallest absolute Gasteiger partial charge is 0.277 e. The number of benzene rings is 2. The normalized spacial score (nSPS) is 17.1. The minimum atomic E-state index is -0.449. The van der Waals surface area contributed by atoms with Crippen molar-refractivity contribution in [3.05, 3.63) is 64.7 Å². The summed E-state index contributed by atoms with van der Waals surface area (Å²) in [7, 11) is 0. The Hall–Kier alpha value is -2.64. The minimum Gasteiger partial charge on any atom is -0.411 e. The third-order valence-corrected chi connectivity index (χ3v) is 6.23. The van der Waals surface area contributed by atoms with Crippen molar-refractivity contribution in [2.24, 2.45) is 0 Å².